The minimum Gasteiger partial charge on any atom is -0.477 e. The molecule has 2 N–H and O–H groups in total. The van der Waals surface area contributed by atoms with E-state index >= 15 is 0 Å². The fourth-order valence-electron chi connectivity index (χ4n) is 1.34. The maximum atomic E-state index is 11.0. The zero-order valence-electron chi connectivity index (χ0n) is 10.6. The van der Waals surface area contributed by atoms with Crippen molar-refractivity contribution in [2.45, 2.75) is 25.1 Å². The highest BCUT2D eigenvalue weighted by Crippen LogP contribution is 2.16. The summed E-state index contributed by atoms with van der Waals surface area (Å²) in [6.07, 6.45) is 3.14. The number of ether oxygens (including phenoxy) is 1. The molecule has 0 spiro atoms. The molecule has 100 valence electrons. The summed E-state index contributed by atoms with van der Waals surface area (Å²) in [6.45, 7) is 4.94. The molecule has 0 saturated carbocycles. The van der Waals surface area contributed by atoms with Crippen molar-refractivity contribution in [3.8, 4) is 0 Å². The van der Waals surface area contributed by atoms with Gasteiger partial charge in [0.1, 0.15) is 11.4 Å². The monoisotopic (exact) mass is 271 g/mol. The van der Waals surface area contributed by atoms with Gasteiger partial charge in [-0.1, -0.05) is 11.8 Å². The van der Waals surface area contributed by atoms with Crippen LogP contribution >= 0.6 is 11.8 Å². The van der Waals surface area contributed by atoms with Crippen LogP contribution in [0.2, 0.25) is 0 Å². The van der Waals surface area contributed by atoms with Crippen LogP contribution in [0.1, 0.15) is 24.2 Å². The predicted molar refractivity (Wildman–Crippen MR) is 70.4 cm³/mol. The number of hydrogen-bond donors (Lipinski definition) is 2. The molecular weight excluding hydrogens is 254 g/mol. The fourth-order valence-corrected chi connectivity index (χ4v) is 1.68. The van der Waals surface area contributed by atoms with E-state index in [1.807, 2.05) is 20.1 Å². The molecule has 0 aliphatic rings. The first-order valence-electron chi connectivity index (χ1n) is 5.58. The second-order valence-electron chi connectivity index (χ2n) is 3.57. The zero-order valence-corrected chi connectivity index (χ0v) is 11.5. The summed E-state index contributed by atoms with van der Waals surface area (Å²) < 4.78 is 5.36. The molecule has 0 aliphatic heterocycles. The normalized spacial score (nSPS) is 12.2. The average Bonchev–Trinajstić information content (AvgIpc) is 2.36. The minimum absolute atomic E-state index is 0.00987. The number of nitrogens with one attached hydrogen (secondary N) is 1. The van der Waals surface area contributed by atoms with Crippen LogP contribution in [-0.2, 0) is 4.74 Å². The first kappa shape index (κ1) is 14.7. The van der Waals surface area contributed by atoms with Crippen LogP contribution in [0.15, 0.2) is 11.4 Å². The highest BCUT2D eigenvalue weighted by atomic mass is 32.2. The molecule has 0 unspecified atom stereocenters. The summed E-state index contributed by atoms with van der Waals surface area (Å²) >= 11 is 1.36. The van der Waals surface area contributed by atoms with Crippen LogP contribution in [0.25, 0.3) is 0 Å². The SMILES string of the molecule is CCO[C@@H](C)CNc1nc(SC)ncc1C(=O)O. The molecule has 0 radical (unpaired) electrons. The van der Waals surface area contributed by atoms with E-state index in [4.69, 9.17) is 9.84 Å². The van der Waals surface area contributed by atoms with Gasteiger partial charge in [0.25, 0.3) is 0 Å². The lowest BCUT2D eigenvalue weighted by Gasteiger charge is -2.14. The molecule has 0 fully saturated rings. The van der Waals surface area contributed by atoms with Crippen molar-refractivity contribution in [1.29, 1.82) is 0 Å². The molecule has 6 nitrogen and oxygen atoms in total. The number of anilines is 1. The molecule has 0 aliphatic carbocycles. The van der Waals surface area contributed by atoms with Crippen molar-refractivity contribution < 1.29 is 14.6 Å². The molecule has 18 heavy (non-hydrogen) atoms. The molecule has 1 aromatic rings. The van der Waals surface area contributed by atoms with Crippen molar-refractivity contribution in [1.82, 2.24) is 9.97 Å². The maximum Gasteiger partial charge on any atom is 0.341 e. The number of thioether (sulfide) groups is 1. The van der Waals surface area contributed by atoms with E-state index < -0.39 is 5.97 Å². The van der Waals surface area contributed by atoms with Crippen molar-refractivity contribution in [2.75, 3.05) is 24.7 Å². The third kappa shape index (κ3) is 4.15. The van der Waals surface area contributed by atoms with E-state index in [0.29, 0.717) is 24.1 Å². The molecule has 0 bridgehead atoms. The van der Waals surface area contributed by atoms with E-state index in [0.717, 1.165) is 0 Å². The minimum atomic E-state index is -1.05. The summed E-state index contributed by atoms with van der Waals surface area (Å²) in [4.78, 5) is 19.1. The standard InChI is InChI=1S/C11H17N3O3S/c1-4-17-7(2)5-12-9-8(10(15)16)6-13-11(14-9)18-3/h6-7H,4-5H2,1-3H3,(H,15,16)(H,12,13,14)/t7-/m0/s1. The summed E-state index contributed by atoms with van der Waals surface area (Å²) in [5, 5.41) is 12.6. The third-order valence-electron chi connectivity index (χ3n) is 2.19. The Balaban J connectivity index is 2.80. The summed E-state index contributed by atoms with van der Waals surface area (Å²) in [6, 6.07) is 0. The van der Waals surface area contributed by atoms with Gasteiger partial charge in [-0.2, -0.15) is 0 Å². The Labute approximate surface area is 110 Å². The van der Waals surface area contributed by atoms with Gasteiger partial charge in [-0.3, -0.25) is 0 Å². The first-order valence-corrected chi connectivity index (χ1v) is 6.80. The molecule has 0 saturated heterocycles. The third-order valence-corrected chi connectivity index (χ3v) is 2.75. The van der Waals surface area contributed by atoms with Crippen molar-refractivity contribution in [3.63, 3.8) is 0 Å². The number of rotatable bonds is 7. The summed E-state index contributed by atoms with van der Waals surface area (Å²) in [5.74, 6) is -0.720. The Morgan fingerprint density at radius 3 is 2.94 bits per heavy atom. The fraction of sp³-hybridized carbons (Fsp3) is 0.545. The van der Waals surface area contributed by atoms with E-state index in [9.17, 15) is 4.79 Å². The van der Waals surface area contributed by atoms with Crippen molar-refractivity contribution >= 4 is 23.5 Å². The number of aromatic nitrogens is 2. The van der Waals surface area contributed by atoms with Crippen LogP contribution < -0.4 is 5.32 Å². The highest BCUT2D eigenvalue weighted by molar-refractivity contribution is 7.98. The second-order valence-corrected chi connectivity index (χ2v) is 4.34. The molecule has 0 aromatic carbocycles. The van der Waals surface area contributed by atoms with Crippen LogP contribution in [-0.4, -0.2) is 46.6 Å². The van der Waals surface area contributed by atoms with Crippen LogP contribution in [0.4, 0.5) is 5.82 Å². The second kappa shape index (κ2) is 7.17. The quantitative estimate of drug-likeness (QED) is 0.577. The topological polar surface area (TPSA) is 84.3 Å². The Morgan fingerprint density at radius 1 is 1.67 bits per heavy atom. The van der Waals surface area contributed by atoms with Gasteiger partial charge in [-0.05, 0) is 20.1 Å². The molecule has 1 aromatic heterocycles. The Morgan fingerprint density at radius 2 is 2.39 bits per heavy atom. The molecular formula is C11H17N3O3S. The van der Waals surface area contributed by atoms with E-state index in [1.54, 1.807) is 0 Å². The maximum absolute atomic E-state index is 11.0. The lowest BCUT2D eigenvalue weighted by Crippen LogP contribution is -2.21. The largest absolute Gasteiger partial charge is 0.477 e. The van der Waals surface area contributed by atoms with Gasteiger partial charge in [0.2, 0.25) is 0 Å². The number of nitrogens with zero attached hydrogens (tertiary/aromatic N) is 2. The smallest absolute Gasteiger partial charge is 0.341 e. The van der Waals surface area contributed by atoms with Crippen LogP contribution in [0, 0.1) is 0 Å². The Bertz CT molecular complexity index is 415. The van der Waals surface area contributed by atoms with Gasteiger partial charge in [0, 0.05) is 19.3 Å². The predicted octanol–water partition coefficient (Wildman–Crippen LogP) is 1.73. The molecule has 1 heterocycles. The van der Waals surface area contributed by atoms with Crippen molar-refractivity contribution in [2.24, 2.45) is 0 Å². The van der Waals surface area contributed by atoms with Gasteiger partial charge < -0.3 is 15.2 Å². The molecule has 0 amide bonds. The van der Waals surface area contributed by atoms with Crippen LogP contribution in [0.3, 0.4) is 0 Å². The van der Waals surface area contributed by atoms with Gasteiger partial charge in [0.05, 0.1) is 6.10 Å². The highest BCUT2D eigenvalue weighted by Gasteiger charge is 2.14. The Kier molecular flexibility index (Phi) is 5.87. The Hall–Kier alpha value is -1.34. The average molecular weight is 271 g/mol. The van der Waals surface area contributed by atoms with Gasteiger partial charge in [-0.25, -0.2) is 14.8 Å². The van der Waals surface area contributed by atoms with Gasteiger partial charge in [-0.15, -0.1) is 0 Å². The number of aromatic carboxylic acids is 1. The number of carboxylic acid groups (broad SMARTS) is 1. The summed E-state index contributed by atoms with van der Waals surface area (Å²) in [7, 11) is 0. The van der Waals surface area contributed by atoms with Crippen LogP contribution in [0.5, 0.6) is 0 Å². The summed E-state index contributed by atoms with van der Waals surface area (Å²) in [5.41, 5.74) is 0.0662. The van der Waals surface area contributed by atoms with Crippen molar-refractivity contribution in [3.05, 3.63) is 11.8 Å². The number of carbonyl (C=O) groups is 1. The van der Waals surface area contributed by atoms with E-state index in [1.165, 1.54) is 18.0 Å². The lowest BCUT2D eigenvalue weighted by atomic mass is 10.3. The number of carboxylic acids is 1. The lowest BCUT2D eigenvalue weighted by molar-refractivity contribution is 0.0695. The zero-order chi connectivity index (χ0) is 13.5. The first-order chi connectivity index (χ1) is 8.58. The molecule has 1 rings (SSSR count). The van der Waals surface area contributed by atoms with Gasteiger partial charge >= 0.3 is 5.97 Å². The molecule has 1 atom stereocenters. The number of hydrogen-bond acceptors (Lipinski definition) is 6. The van der Waals surface area contributed by atoms with Gasteiger partial charge in [0.15, 0.2) is 5.16 Å². The van der Waals surface area contributed by atoms with E-state index in [2.05, 4.69) is 15.3 Å². The van der Waals surface area contributed by atoms with E-state index in [-0.39, 0.29) is 11.7 Å². The molecule has 7 heteroatoms.